The average Bonchev–Trinajstić information content (AvgIpc) is 2.79. The molecular weight excluding hydrogens is 248 g/mol. The van der Waals surface area contributed by atoms with E-state index in [1.54, 1.807) is 0 Å². The zero-order valence-corrected chi connectivity index (χ0v) is 12.8. The molecule has 4 nitrogen and oxygen atoms in total. The van der Waals surface area contributed by atoms with Gasteiger partial charge in [0.25, 0.3) is 0 Å². The van der Waals surface area contributed by atoms with E-state index in [0.717, 1.165) is 12.4 Å². The molecule has 1 unspecified atom stereocenters. The lowest BCUT2D eigenvalue weighted by Gasteiger charge is -2.29. The van der Waals surface area contributed by atoms with Crippen LogP contribution in [-0.4, -0.2) is 28.0 Å². The van der Waals surface area contributed by atoms with Gasteiger partial charge in [-0.05, 0) is 37.6 Å². The monoisotopic (exact) mass is 272 g/mol. The van der Waals surface area contributed by atoms with Gasteiger partial charge in [-0.25, -0.2) is 4.98 Å². The Balaban J connectivity index is 2.26. The van der Waals surface area contributed by atoms with Crippen LogP contribution >= 0.6 is 0 Å². The Morgan fingerprint density at radius 2 is 1.95 bits per heavy atom. The fourth-order valence-corrected chi connectivity index (χ4v) is 2.75. The van der Waals surface area contributed by atoms with E-state index in [-0.39, 0.29) is 6.04 Å². The first-order valence-corrected chi connectivity index (χ1v) is 6.97. The van der Waals surface area contributed by atoms with E-state index in [1.165, 1.54) is 16.7 Å². The summed E-state index contributed by atoms with van der Waals surface area (Å²) in [5.41, 5.74) is 9.98. The van der Waals surface area contributed by atoms with Crippen molar-refractivity contribution in [3.63, 3.8) is 0 Å². The Bertz CT molecular complexity index is 553. The summed E-state index contributed by atoms with van der Waals surface area (Å²) >= 11 is 0. The average molecular weight is 272 g/mol. The predicted octanol–water partition coefficient (Wildman–Crippen LogP) is 2.17. The summed E-state index contributed by atoms with van der Waals surface area (Å²) in [6.45, 7) is 5.70. The van der Waals surface area contributed by atoms with Crippen molar-refractivity contribution in [1.82, 2.24) is 14.5 Å². The number of hydrogen-bond acceptors (Lipinski definition) is 3. The van der Waals surface area contributed by atoms with E-state index in [4.69, 9.17) is 5.73 Å². The third kappa shape index (κ3) is 2.92. The standard InChI is InChI=1S/C16H24N4/c1-12-6-5-7-13(2)16(12)14(10-17)20(4)11-15-18-8-9-19(15)3/h5-9,14H,10-11,17H2,1-4H3. The van der Waals surface area contributed by atoms with E-state index in [2.05, 4.69) is 53.5 Å². The van der Waals surface area contributed by atoms with Crippen molar-refractivity contribution in [3.8, 4) is 0 Å². The van der Waals surface area contributed by atoms with Gasteiger partial charge in [0.2, 0.25) is 0 Å². The Hall–Kier alpha value is -1.65. The SMILES string of the molecule is Cc1cccc(C)c1C(CN)N(C)Cc1nccn1C. The van der Waals surface area contributed by atoms with E-state index >= 15 is 0 Å². The summed E-state index contributed by atoms with van der Waals surface area (Å²) in [4.78, 5) is 6.67. The van der Waals surface area contributed by atoms with E-state index < -0.39 is 0 Å². The van der Waals surface area contributed by atoms with Crippen LogP contribution in [0, 0.1) is 13.8 Å². The van der Waals surface area contributed by atoms with Crippen LogP contribution in [0.5, 0.6) is 0 Å². The fourth-order valence-electron chi connectivity index (χ4n) is 2.75. The molecule has 0 saturated heterocycles. The van der Waals surface area contributed by atoms with Crippen LogP contribution in [0.15, 0.2) is 30.6 Å². The minimum absolute atomic E-state index is 0.216. The first-order chi connectivity index (χ1) is 9.54. The molecule has 0 aliphatic rings. The van der Waals surface area contributed by atoms with Gasteiger partial charge in [-0.3, -0.25) is 4.90 Å². The molecule has 0 saturated carbocycles. The lowest BCUT2D eigenvalue weighted by molar-refractivity contribution is 0.232. The van der Waals surface area contributed by atoms with Gasteiger partial charge < -0.3 is 10.3 Å². The summed E-state index contributed by atoms with van der Waals surface area (Å²) in [5, 5.41) is 0. The molecule has 0 radical (unpaired) electrons. The molecule has 1 heterocycles. The third-order valence-electron chi connectivity index (χ3n) is 3.94. The molecule has 108 valence electrons. The van der Waals surface area contributed by atoms with Crippen LogP contribution in [0.25, 0.3) is 0 Å². The second-order valence-electron chi connectivity index (χ2n) is 5.43. The summed E-state index contributed by atoms with van der Waals surface area (Å²) in [6.07, 6.45) is 3.80. The van der Waals surface area contributed by atoms with E-state index in [1.807, 2.05) is 19.4 Å². The van der Waals surface area contributed by atoms with Gasteiger partial charge in [-0.2, -0.15) is 0 Å². The van der Waals surface area contributed by atoms with Crippen LogP contribution in [-0.2, 0) is 13.6 Å². The maximum Gasteiger partial charge on any atom is 0.122 e. The van der Waals surface area contributed by atoms with Crippen molar-refractivity contribution in [2.24, 2.45) is 12.8 Å². The minimum Gasteiger partial charge on any atom is -0.337 e. The van der Waals surface area contributed by atoms with Crippen molar-refractivity contribution in [3.05, 3.63) is 53.1 Å². The maximum absolute atomic E-state index is 6.04. The second-order valence-corrected chi connectivity index (χ2v) is 5.43. The molecule has 0 aliphatic carbocycles. The highest BCUT2D eigenvalue weighted by molar-refractivity contribution is 5.36. The third-order valence-corrected chi connectivity index (χ3v) is 3.94. The Morgan fingerprint density at radius 3 is 2.45 bits per heavy atom. The number of aromatic nitrogens is 2. The molecule has 1 aromatic carbocycles. The Kier molecular flexibility index (Phi) is 4.57. The first-order valence-electron chi connectivity index (χ1n) is 6.97. The molecule has 1 aromatic heterocycles. The lowest BCUT2D eigenvalue weighted by atomic mass is 9.95. The molecular formula is C16H24N4. The second kappa shape index (κ2) is 6.20. The maximum atomic E-state index is 6.04. The summed E-state index contributed by atoms with van der Waals surface area (Å²) in [7, 11) is 4.13. The highest BCUT2D eigenvalue weighted by Crippen LogP contribution is 2.26. The smallest absolute Gasteiger partial charge is 0.122 e. The van der Waals surface area contributed by atoms with Crippen molar-refractivity contribution in [1.29, 1.82) is 0 Å². The van der Waals surface area contributed by atoms with Gasteiger partial charge in [-0.15, -0.1) is 0 Å². The molecule has 2 aromatic rings. The molecule has 4 heteroatoms. The number of benzene rings is 1. The van der Waals surface area contributed by atoms with Gasteiger partial charge in [-0.1, -0.05) is 18.2 Å². The van der Waals surface area contributed by atoms with Gasteiger partial charge >= 0.3 is 0 Å². The molecule has 2 N–H and O–H groups in total. The zero-order valence-electron chi connectivity index (χ0n) is 12.8. The number of hydrogen-bond donors (Lipinski definition) is 1. The first kappa shape index (κ1) is 14.8. The predicted molar refractivity (Wildman–Crippen MR) is 82.4 cm³/mol. The molecule has 1 atom stereocenters. The summed E-state index contributed by atoms with van der Waals surface area (Å²) < 4.78 is 2.05. The van der Waals surface area contributed by atoms with Crippen LogP contribution in [0.1, 0.15) is 28.6 Å². The normalized spacial score (nSPS) is 12.9. The number of imidazole rings is 1. The molecule has 0 amide bonds. The van der Waals surface area contributed by atoms with Crippen molar-refractivity contribution in [2.45, 2.75) is 26.4 Å². The van der Waals surface area contributed by atoms with Crippen molar-refractivity contribution >= 4 is 0 Å². The van der Waals surface area contributed by atoms with E-state index in [0.29, 0.717) is 6.54 Å². The number of rotatable bonds is 5. The number of nitrogens with two attached hydrogens (primary N) is 1. The molecule has 0 spiro atoms. The highest BCUT2D eigenvalue weighted by Gasteiger charge is 2.20. The van der Waals surface area contributed by atoms with Gasteiger partial charge in [0.15, 0.2) is 0 Å². The number of aryl methyl sites for hydroxylation is 3. The fraction of sp³-hybridized carbons (Fsp3) is 0.438. The van der Waals surface area contributed by atoms with Gasteiger partial charge in [0.1, 0.15) is 5.82 Å². The topological polar surface area (TPSA) is 47.1 Å². The Labute approximate surface area is 121 Å². The van der Waals surface area contributed by atoms with Crippen LogP contribution < -0.4 is 5.73 Å². The van der Waals surface area contributed by atoms with Crippen LogP contribution in [0.3, 0.4) is 0 Å². The molecule has 0 bridgehead atoms. The molecule has 2 rings (SSSR count). The van der Waals surface area contributed by atoms with Gasteiger partial charge in [0, 0.05) is 32.0 Å². The molecule has 0 fully saturated rings. The quantitative estimate of drug-likeness (QED) is 0.907. The van der Waals surface area contributed by atoms with Crippen molar-refractivity contribution < 1.29 is 0 Å². The molecule has 20 heavy (non-hydrogen) atoms. The van der Waals surface area contributed by atoms with E-state index in [9.17, 15) is 0 Å². The minimum atomic E-state index is 0.216. The molecule has 0 aliphatic heterocycles. The van der Waals surface area contributed by atoms with Gasteiger partial charge in [0.05, 0.1) is 6.54 Å². The highest BCUT2D eigenvalue weighted by atomic mass is 15.2. The van der Waals surface area contributed by atoms with Crippen LogP contribution in [0.4, 0.5) is 0 Å². The number of likely N-dealkylation sites (N-methyl/N-ethyl adjacent to an activating group) is 1. The van der Waals surface area contributed by atoms with Crippen molar-refractivity contribution in [2.75, 3.05) is 13.6 Å². The summed E-state index contributed by atoms with van der Waals surface area (Å²) in [5.74, 6) is 1.05. The lowest BCUT2D eigenvalue weighted by Crippen LogP contribution is -2.32. The zero-order chi connectivity index (χ0) is 14.7. The number of nitrogens with zero attached hydrogens (tertiary/aromatic N) is 3. The Morgan fingerprint density at radius 1 is 1.30 bits per heavy atom. The van der Waals surface area contributed by atoms with Crippen LogP contribution in [0.2, 0.25) is 0 Å². The summed E-state index contributed by atoms with van der Waals surface area (Å²) in [6, 6.07) is 6.62. The largest absolute Gasteiger partial charge is 0.337 e.